The van der Waals surface area contributed by atoms with Crippen molar-refractivity contribution in [2.24, 2.45) is 0 Å². The van der Waals surface area contributed by atoms with Crippen molar-refractivity contribution in [3.63, 3.8) is 0 Å². The molecule has 3 rings (SSSR count). The summed E-state index contributed by atoms with van der Waals surface area (Å²) in [7, 11) is 0. The van der Waals surface area contributed by atoms with Gasteiger partial charge in [0.25, 0.3) is 5.91 Å². The molecule has 134 valence electrons. The SMILES string of the molecule is Cc1cc(C)c(NC(=O)c2ccc(Nc3cccc(C#N)c3)nc2)c(C)c1. The molecule has 27 heavy (non-hydrogen) atoms. The van der Waals surface area contributed by atoms with Gasteiger partial charge in [-0.05, 0) is 62.2 Å². The van der Waals surface area contributed by atoms with Crippen LogP contribution in [-0.4, -0.2) is 10.9 Å². The second kappa shape index (κ2) is 7.71. The zero-order chi connectivity index (χ0) is 19.4. The van der Waals surface area contributed by atoms with Gasteiger partial charge in [0.05, 0.1) is 17.2 Å². The minimum Gasteiger partial charge on any atom is -0.340 e. The van der Waals surface area contributed by atoms with Crippen LogP contribution in [0.1, 0.15) is 32.6 Å². The lowest BCUT2D eigenvalue weighted by atomic mass is 10.0. The first-order chi connectivity index (χ1) is 13.0. The summed E-state index contributed by atoms with van der Waals surface area (Å²) in [5.74, 6) is 0.403. The average molecular weight is 356 g/mol. The summed E-state index contributed by atoms with van der Waals surface area (Å²) in [6.07, 6.45) is 1.53. The van der Waals surface area contributed by atoms with Crippen LogP contribution >= 0.6 is 0 Å². The van der Waals surface area contributed by atoms with Crippen LogP contribution in [0.15, 0.2) is 54.7 Å². The molecule has 3 aromatic rings. The van der Waals surface area contributed by atoms with Gasteiger partial charge in [-0.2, -0.15) is 5.26 Å². The Morgan fingerprint density at radius 3 is 2.41 bits per heavy atom. The fourth-order valence-electron chi connectivity index (χ4n) is 2.98. The Morgan fingerprint density at radius 1 is 1.04 bits per heavy atom. The zero-order valence-electron chi connectivity index (χ0n) is 15.5. The van der Waals surface area contributed by atoms with E-state index < -0.39 is 0 Å². The van der Waals surface area contributed by atoms with Gasteiger partial charge in [-0.15, -0.1) is 0 Å². The van der Waals surface area contributed by atoms with Crippen LogP contribution in [0.3, 0.4) is 0 Å². The van der Waals surface area contributed by atoms with E-state index in [0.717, 1.165) is 22.5 Å². The number of carbonyl (C=O) groups excluding carboxylic acids is 1. The van der Waals surface area contributed by atoms with Gasteiger partial charge < -0.3 is 10.6 Å². The van der Waals surface area contributed by atoms with E-state index in [9.17, 15) is 4.79 Å². The molecule has 5 heteroatoms. The number of anilines is 3. The molecule has 2 N–H and O–H groups in total. The van der Waals surface area contributed by atoms with E-state index in [0.29, 0.717) is 16.9 Å². The number of nitrogens with zero attached hydrogens (tertiary/aromatic N) is 2. The van der Waals surface area contributed by atoms with Crippen LogP contribution in [0.2, 0.25) is 0 Å². The maximum absolute atomic E-state index is 12.5. The van der Waals surface area contributed by atoms with E-state index in [1.807, 2.05) is 39.0 Å². The topological polar surface area (TPSA) is 77.8 Å². The molecule has 0 aliphatic rings. The van der Waals surface area contributed by atoms with Crippen molar-refractivity contribution >= 4 is 23.1 Å². The molecule has 0 bridgehead atoms. The lowest BCUT2D eigenvalue weighted by Gasteiger charge is -2.13. The number of aryl methyl sites for hydroxylation is 3. The van der Waals surface area contributed by atoms with Gasteiger partial charge in [0.15, 0.2) is 0 Å². The number of hydrogen-bond donors (Lipinski definition) is 2. The maximum atomic E-state index is 12.5. The Morgan fingerprint density at radius 2 is 1.78 bits per heavy atom. The van der Waals surface area contributed by atoms with Crippen LogP contribution < -0.4 is 10.6 Å². The van der Waals surface area contributed by atoms with E-state index in [-0.39, 0.29) is 5.91 Å². The van der Waals surface area contributed by atoms with Gasteiger partial charge in [-0.3, -0.25) is 4.79 Å². The van der Waals surface area contributed by atoms with Gasteiger partial charge in [-0.25, -0.2) is 4.98 Å². The molecule has 0 atom stereocenters. The molecule has 0 radical (unpaired) electrons. The summed E-state index contributed by atoms with van der Waals surface area (Å²) in [6, 6.07) is 16.8. The molecule has 5 nitrogen and oxygen atoms in total. The first-order valence-electron chi connectivity index (χ1n) is 8.58. The van der Waals surface area contributed by atoms with Gasteiger partial charge in [-0.1, -0.05) is 23.8 Å². The Kier molecular flexibility index (Phi) is 5.18. The zero-order valence-corrected chi connectivity index (χ0v) is 15.5. The number of nitrogens with one attached hydrogen (secondary N) is 2. The summed E-state index contributed by atoms with van der Waals surface area (Å²) < 4.78 is 0. The van der Waals surface area contributed by atoms with Crippen LogP contribution in [0.4, 0.5) is 17.2 Å². The Labute approximate surface area is 158 Å². The molecule has 0 spiro atoms. The molecule has 0 unspecified atom stereocenters. The minimum atomic E-state index is -0.199. The molecule has 1 aromatic heterocycles. The van der Waals surface area contributed by atoms with Crippen molar-refractivity contribution in [1.82, 2.24) is 4.98 Å². The monoisotopic (exact) mass is 356 g/mol. The lowest BCUT2D eigenvalue weighted by molar-refractivity contribution is 0.102. The number of hydrogen-bond acceptors (Lipinski definition) is 4. The molecule has 0 aliphatic carbocycles. The Hall–Kier alpha value is -3.65. The molecule has 0 fully saturated rings. The number of nitriles is 1. The smallest absolute Gasteiger partial charge is 0.257 e. The normalized spacial score (nSPS) is 10.1. The third-order valence-electron chi connectivity index (χ3n) is 4.21. The summed E-state index contributed by atoms with van der Waals surface area (Å²) in [4.78, 5) is 16.8. The summed E-state index contributed by atoms with van der Waals surface area (Å²) in [6.45, 7) is 6.00. The predicted octanol–water partition coefficient (Wildman–Crippen LogP) is 4.87. The summed E-state index contributed by atoms with van der Waals surface area (Å²) >= 11 is 0. The first kappa shape index (κ1) is 18.2. The van der Waals surface area contributed by atoms with E-state index >= 15 is 0 Å². The standard InChI is InChI=1S/C22H20N4O/c1-14-9-15(2)21(16(3)10-14)26-22(27)18-7-8-20(24-13-18)25-19-6-4-5-17(11-19)12-23/h4-11,13H,1-3H3,(H,24,25)(H,26,27). The molecule has 2 aromatic carbocycles. The highest BCUT2D eigenvalue weighted by atomic mass is 16.1. The first-order valence-corrected chi connectivity index (χ1v) is 8.58. The molecule has 1 amide bonds. The largest absolute Gasteiger partial charge is 0.340 e. The number of pyridine rings is 1. The van der Waals surface area contributed by atoms with Crippen molar-refractivity contribution in [2.45, 2.75) is 20.8 Å². The molecule has 0 saturated carbocycles. The molecular formula is C22H20N4O. The second-order valence-corrected chi connectivity index (χ2v) is 6.48. The molecule has 0 aliphatic heterocycles. The molecule has 1 heterocycles. The van der Waals surface area contributed by atoms with Gasteiger partial charge in [0, 0.05) is 17.6 Å². The van der Waals surface area contributed by atoms with Gasteiger partial charge in [0.2, 0.25) is 0 Å². The Balaban J connectivity index is 1.73. The number of rotatable bonds is 4. The highest BCUT2D eigenvalue weighted by Crippen LogP contribution is 2.23. The van der Waals surface area contributed by atoms with Crippen molar-refractivity contribution in [3.8, 4) is 6.07 Å². The third kappa shape index (κ3) is 4.31. The fourth-order valence-corrected chi connectivity index (χ4v) is 2.98. The fraction of sp³-hybridized carbons (Fsp3) is 0.136. The van der Waals surface area contributed by atoms with Gasteiger partial charge >= 0.3 is 0 Å². The second-order valence-electron chi connectivity index (χ2n) is 6.48. The van der Waals surface area contributed by atoms with E-state index in [1.54, 1.807) is 30.3 Å². The van der Waals surface area contributed by atoms with Crippen LogP contribution in [-0.2, 0) is 0 Å². The van der Waals surface area contributed by atoms with Crippen molar-refractivity contribution in [2.75, 3.05) is 10.6 Å². The summed E-state index contributed by atoms with van der Waals surface area (Å²) in [5.41, 5.74) is 5.88. The van der Waals surface area contributed by atoms with E-state index in [2.05, 4.69) is 21.7 Å². The maximum Gasteiger partial charge on any atom is 0.257 e. The highest BCUT2D eigenvalue weighted by Gasteiger charge is 2.11. The van der Waals surface area contributed by atoms with Crippen LogP contribution in [0.5, 0.6) is 0 Å². The van der Waals surface area contributed by atoms with Gasteiger partial charge in [0.1, 0.15) is 5.82 Å². The third-order valence-corrected chi connectivity index (χ3v) is 4.21. The quantitative estimate of drug-likeness (QED) is 0.699. The predicted molar refractivity (Wildman–Crippen MR) is 107 cm³/mol. The number of benzene rings is 2. The summed E-state index contributed by atoms with van der Waals surface area (Å²) in [5, 5.41) is 15.1. The number of aromatic nitrogens is 1. The number of carbonyl (C=O) groups is 1. The lowest BCUT2D eigenvalue weighted by Crippen LogP contribution is -2.14. The van der Waals surface area contributed by atoms with E-state index in [4.69, 9.17) is 5.26 Å². The van der Waals surface area contributed by atoms with Crippen LogP contribution in [0, 0.1) is 32.1 Å². The van der Waals surface area contributed by atoms with Crippen molar-refractivity contribution in [1.29, 1.82) is 5.26 Å². The Bertz CT molecular complexity index is 1010. The minimum absolute atomic E-state index is 0.199. The number of amides is 1. The van der Waals surface area contributed by atoms with Crippen LogP contribution in [0.25, 0.3) is 0 Å². The van der Waals surface area contributed by atoms with E-state index in [1.165, 1.54) is 11.8 Å². The van der Waals surface area contributed by atoms with Crippen molar-refractivity contribution in [3.05, 3.63) is 82.5 Å². The average Bonchev–Trinajstić information content (AvgIpc) is 2.65. The highest BCUT2D eigenvalue weighted by molar-refractivity contribution is 6.05. The molecular weight excluding hydrogens is 336 g/mol. The van der Waals surface area contributed by atoms with Crippen molar-refractivity contribution < 1.29 is 4.79 Å². The molecule has 0 saturated heterocycles.